The van der Waals surface area contributed by atoms with Gasteiger partial charge in [0.15, 0.2) is 5.78 Å². The number of rotatable bonds is 10. The van der Waals surface area contributed by atoms with Gasteiger partial charge in [-0.1, -0.05) is 56.5 Å². The SMILES string of the molecule is CCCCOc1ccc([C@H]2CC(=O)C3=C(C2)C[C@@H](c2ccc(OCCCC)cc2)[C@H]2C(=O)OC(=O)[C@H]32)cc1. The number of unbranched alkanes of at least 4 members (excludes halogenated alkanes) is 2. The molecule has 5 rings (SSSR count). The molecule has 1 saturated heterocycles. The van der Waals surface area contributed by atoms with Crippen LogP contribution in [0.2, 0.25) is 0 Å². The third-order valence-electron chi connectivity index (χ3n) is 8.10. The summed E-state index contributed by atoms with van der Waals surface area (Å²) in [6.45, 7) is 5.61. The number of ether oxygens (including phenoxy) is 3. The Morgan fingerprint density at radius 3 is 1.89 bits per heavy atom. The Kier molecular flexibility index (Phi) is 7.96. The summed E-state index contributed by atoms with van der Waals surface area (Å²) in [6.07, 6.45) is 5.73. The van der Waals surface area contributed by atoms with Crippen molar-refractivity contribution < 1.29 is 28.6 Å². The molecule has 0 aromatic heterocycles. The van der Waals surface area contributed by atoms with Crippen LogP contribution in [-0.2, 0) is 19.1 Å². The summed E-state index contributed by atoms with van der Waals surface area (Å²) in [7, 11) is 0. The number of ketones is 1. The summed E-state index contributed by atoms with van der Waals surface area (Å²) >= 11 is 0. The number of allylic oxidation sites excluding steroid dienone is 1. The summed E-state index contributed by atoms with van der Waals surface area (Å²) in [6, 6.07) is 15.8. The highest BCUT2D eigenvalue weighted by atomic mass is 16.6. The maximum atomic E-state index is 13.4. The second-order valence-corrected chi connectivity index (χ2v) is 10.6. The van der Waals surface area contributed by atoms with Crippen molar-refractivity contribution in [1.82, 2.24) is 0 Å². The Morgan fingerprint density at radius 1 is 0.737 bits per heavy atom. The minimum absolute atomic E-state index is 0.0330. The lowest BCUT2D eigenvalue weighted by Gasteiger charge is -2.37. The Bertz CT molecular complexity index is 1210. The van der Waals surface area contributed by atoms with Crippen LogP contribution in [0.5, 0.6) is 11.5 Å². The third kappa shape index (κ3) is 5.27. The molecule has 3 aliphatic rings. The van der Waals surface area contributed by atoms with Crippen LogP contribution in [0.4, 0.5) is 0 Å². The molecule has 200 valence electrons. The highest BCUT2D eigenvalue weighted by Gasteiger charge is 2.56. The molecule has 0 unspecified atom stereocenters. The first kappa shape index (κ1) is 26.2. The van der Waals surface area contributed by atoms with Gasteiger partial charge in [-0.05, 0) is 67.0 Å². The lowest BCUT2D eigenvalue weighted by Crippen LogP contribution is -2.37. The van der Waals surface area contributed by atoms with Crippen LogP contribution in [0, 0.1) is 11.8 Å². The third-order valence-corrected chi connectivity index (χ3v) is 8.10. The lowest BCUT2D eigenvalue weighted by molar-refractivity contribution is -0.153. The van der Waals surface area contributed by atoms with Crippen LogP contribution in [0.3, 0.4) is 0 Å². The van der Waals surface area contributed by atoms with E-state index < -0.39 is 23.8 Å². The van der Waals surface area contributed by atoms with Crippen molar-refractivity contribution in [2.24, 2.45) is 11.8 Å². The Hall–Kier alpha value is -3.41. The minimum atomic E-state index is -0.806. The van der Waals surface area contributed by atoms with Crippen LogP contribution >= 0.6 is 0 Å². The number of fused-ring (bicyclic) bond motifs is 2. The fourth-order valence-corrected chi connectivity index (χ4v) is 6.07. The van der Waals surface area contributed by atoms with Crippen molar-refractivity contribution in [2.45, 2.75) is 70.6 Å². The van der Waals surface area contributed by atoms with Crippen molar-refractivity contribution in [1.29, 1.82) is 0 Å². The maximum Gasteiger partial charge on any atom is 0.322 e. The molecule has 2 aromatic rings. The summed E-state index contributed by atoms with van der Waals surface area (Å²) < 4.78 is 16.7. The molecule has 1 fully saturated rings. The molecule has 1 heterocycles. The van der Waals surface area contributed by atoms with E-state index in [0.717, 1.165) is 53.9 Å². The average molecular weight is 517 g/mol. The number of esters is 2. The molecule has 4 atom stereocenters. The van der Waals surface area contributed by atoms with Crippen LogP contribution in [0.15, 0.2) is 59.7 Å². The minimum Gasteiger partial charge on any atom is -0.494 e. The molecule has 0 radical (unpaired) electrons. The topological polar surface area (TPSA) is 78.9 Å². The number of hydrogen-bond donors (Lipinski definition) is 0. The number of Topliss-reactive ketones (excluding diaryl/α,β-unsaturated/α-hetero) is 1. The van der Waals surface area contributed by atoms with E-state index in [0.29, 0.717) is 38.0 Å². The predicted molar refractivity (Wildman–Crippen MR) is 143 cm³/mol. The molecular formula is C32H36O6. The smallest absolute Gasteiger partial charge is 0.322 e. The van der Waals surface area contributed by atoms with E-state index >= 15 is 0 Å². The van der Waals surface area contributed by atoms with E-state index in [1.54, 1.807) is 0 Å². The van der Waals surface area contributed by atoms with Gasteiger partial charge in [0.25, 0.3) is 0 Å². The summed E-state index contributed by atoms with van der Waals surface area (Å²) in [5, 5.41) is 0. The van der Waals surface area contributed by atoms with Crippen LogP contribution in [0.25, 0.3) is 0 Å². The quantitative estimate of drug-likeness (QED) is 0.210. The standard InChI is InChI=1S/C32H36O6/c1-3-5-15-36-24-11-7-20(8-12-24)22-17-23-18-26(21-9-13-25(14-10-21)37-16-6-4-2)29-30(28(23)27(33)19-22)32(35)38-31(29)34/h7-14,22,26,29-30H,3-6,15-19H2,1-2H3/t22-,26+,29-,30-/m1/s1. The molecule has 0 saturated carbocycles. The maximum absolute atomic E-state index is 13.4. The van der Waals surface area contributed by atoms with Gasteiger partial charge < -0.3 is 14.2 Å². The van der Waals surface area contributed by atoms with Crippen molar-refractivity contribution in [3.05, 3.63) is 70.8 Å². The molecule has 38 heavy (non-hydrogen) atoms. The van der Waals surface area contributed by atoms with Gasteiger partial charge in [0.05, 0.1) is 25.0 Å². The largest absolute Gasteiger partial charge is 0.494 e. The molecule has 2 aromatic carbocycles. The Morgan fingerprint density at radius 2 is 1.32 bits per heavy atom. The fourth-order valence-electron chi connectivity index (χ4n) is 6.07. The lowest BCUT2D eigenvalue weighted by atomic mass is 9.62. The molecule has 0 N–H and O–H groups in total. The van der Waals surface area contributed by atoms with Gasteiger partial charge >= 0.3 is 11.9 Å². The zero-order valence-electron chi connectivity index (χ0n) is 22.2. The van der Waals surface area contributed by atoms with Crippen molar-refractivity contribution in [3.8, 4) is 11.5 Å². The van der Waals surface area contributed by atoms with E-state index in [-0.39, 0.29) is 17.6 Å². The Balaban J connectivity index is 1.39. The molecule has 1 aliphatic heterocycles. The highest BCUT2D eigenvalue weighted by molar-refractivity contribution is 6.09. The van der Waals surface area contributed by atoms with E-state index in [1.165, 1.54) is 0 Å². The molecule has 6 nitrogen and oxygen atoms in total. The molecule has 0 amide bonds. The van der Waals surface area contributed by atoms with Gasteiger partial charge in [0.1, 0.15) is 11.5 Å². The fraction of sp³-hybridized carbons (Fsp3) is 0.469. The summed E-state index contributed by atoms with van der Waals surface area (Å²) in [4.78, 5) is 39.1. The van der Waals surface area contributed by atoms with Crippen molar-refractivity contribution >= 4 is 17.7 Å². The van der Waals surface area contributed by atoms with E-state index in [9.17, 15) is 14.4 Å². The highest BCUT2D eigenvalue weighted by Crippen LogP contribution is 2.53. The number of benzene rings is 2. The molecular weight excluding hydrogens is 480 g/mol. The van der Waals surface area contributed by atoms with E-state index in [1.807, 2.05) is 48.5 Å². The van der Waals surface area contributed by atoms with Gasteiger partial charge in [0.2, 0.25) is 0 Å². The molecule has 2 aliphatic carbocycles. The molecule has 0 bridgehead atoms. The van der Waals surface area contributed by atoms with Crippen LogP contribution in [0.1, 0.15) is 81.8 Å². The number of carbonyl (C=O) groups is 3. The zero-order valence-corrected chi connectivity index (χ0v) is 22.2. The first-order chi connectivity index (χ1) is 18.5. The number of cyclic esters (lactones) is 2. The molecule has 0 spiro atoms. The van der Waals surface area contributed by atoms with E-state index in [4.69, 9.17) is 14.2 Å². The van der Waals surface area contributed by atoms with Crippen LogP contribution in [-0.4, -0.2) is 30.9 Å². The predicted octanol–water partition coefficient (Wildman–Crippen LogP) is 6.29. The van der Waals surface area contributed by atoms with Gasteiger partial charge in [-0.2, -0.15) is 0 Å². The second kappa shape index (κ2) is 11.5. The van der Waals surface area contributed by atoms with Gasteiger partial charge in [0, 0.05) is 17.9 Å². The second-order valence-electron chi connectivity index (χ2n) is 10.6. The van der Waals surface area contributed by atoms with Crippen molar-refractivity contribution in [2.75, 3.05) is 13.2 Å². The van der Waals surface area contributed by atoms with Gasteiger partial charge in [-0.25, -0.2) is 0 Å². The zero-order chi connectivity index (χ0) is 26.6. The van der Waals surface area contributed by atoms with E-state index in [2.05, 4.69) is 13.8 Å². The van der Waals surface area contributed by atoms with Crippen LogP contribution < -0.4 is 9.47 Å². The summed E-state index contributed by atoms with van der Waals surface area (Å²) in [5.41, 5.74) is 3.56. The normalized spacial score (nSPS) is 24.6. The molecule has 6 heteroatoms. The summed E-state index contributed by atoms with van der Waals surface area (Å²) in [5.74, 6) is -1.18. The first-order valence-electron chi connectivity index (χ1n) is 14.0. The van der Waals surface area contributed by atoms with Gasteiger partial charge in [-0.15, -0.1) is 0 Å². The van der Waals surface area contributed by atoms with Crippen molar-refractivity contribution in [3.63, 3.8) is 0 Å². The average Bonchev–Trinajstić information content (AvgIpc) is 3.22. The van der Waals surface area contributed by atoms with Gasteiger partial charge in [-0.3, -0.25) is 14.4 Å². The monoisotopic (exact) mass is 516 g/mol. The first-order valence-corrected chi connectivity index (χ1v) is 14.0. The Labute approximate surface area is 224 Å². The number of carbonyl (C=O) groups excluding carboxylic acids is 3. The number of hydrogen-bond acceptors (Lipinski definition) is 6.